The second-order valence-corrected chi connectivity index (χ2v) is 2.17. The molecule has 10 heavy (non-hydrogen) atoms. The zero-order valence-corrected chi connectivity index (χ0v) is 6.70. The van der Waals surface area contributed by atoms with Crippen LogP contribution in [0.25, 0.3) is 0 Å². The van der Waals surface area contributed by atoms with E-state index in [9.17, 15) is 4.79 Å². The highest BCUT2D eigenvalue weighted by Crippen LogP contribution is 1.75. The summed E-state index contributed by atoms with van der Waals surface area (Å²) < 4.78 is 4.32. The van der Waals surface area contributed by atoms with E-state index in [4.69, 9.17) is 0 Å². The van der Waals surface area contributed by atoms with Crippen LogP contribution < -0.4 is 5.32 Å². The van der Waals surface area contributed by atoms with E-state index < -0.39 is 5.97 Å². The molecule has 56 valence electrons. The third kappa shape index (κ3) is 5.24. The Morgan fingerprint density at radius 3 is 2.70 bits per heavy atom. The first-order valence-corrected chi connectivity index (χ1v) is 3.09. The van der Waals surface area contributed by atoms with Gasteiger partial charge in [-0.15, -0.1) is 0 Å². The SMILES string of the molecule is COC(=O)/C=C\NC(C)=S. The second-order valence-electron chi connectivity index (χ2n) is 1.56. The van der Waals surface area contributed by atoms with E-state index in [-0.39, 0.29) is 0 Å². The van der Waals surface area contributed by atoms with Crippen LogP contribution in [-0.4, -0.2) is 18.1 Å². The summed E-state index contributed by atoms with van der Waals surface area (Å²) in [6.45, 7) is 1.72. The molecule has 0 heterocycles. The fourth-order valence-corrected chi connectivity index (χ4v) is 0.363. The van der Waals surface area contributed by atoms with Crippen molar-refractivity contribution >= 4 is 23.2 Å². The average molecular weight is 159 g/mol. The molecule has 0 aromatic rings. The second kappa shape index (κ2) is 4.93. The van der Waals surface area contributed by atoms with E-state index >= 15 is 0 Å². The van der Waals surface area contributed by atoms with Gasteiger partial charge in [0.25, 0.3) is 0 Å². The Hall–Kier alpha value is -0.900. The van der Waals surface area contributed by atoms with Gasteiger partial charge < -0.3 is 10.1 Å². The number of carbonyl (C=O) groups is 1. The normalized spacial score (nSPS) is 9.40. The average Bonchev–Trinajstić information content (AvgIpc) is 1.87. The summed E-state index contributed by atoms with van der Waals surface area (Å²) in [4.78, 5) is 11.0. The smallest absolute Gasteiger partial charge is 0.331 e. The minimum Gasteiger partial charge on any atom is -0.466 e. The first-order valence-electron chi connectivity index (χ1n) is 2.68. The van der Waals surface area contributed by atoms with Gasteiger partial charge in [-0.1, -0.05) is 12.2 Å². The monoisotopic (exact) mass is 159 g/mol. The molecule has 0 radical (unpaired) electrons. The number of esters is 1. The van der Waals surface area contributed by atoms with Gasteiger partial charge >= 0.3 is 5.97 Å². The Balaban J connectivity index is 3.56. The fraction of sp³-hybridized carbons (Fsp3) is 0.333. The van der Waals surface area contributed by atoms with E-state index in [1.54, 1.807) is 6.92 Å². The third-order valence-electron chi connectivity index (χ3n) is 0.707. The Kier molecular flexibility index (Phi) is 4.49. The number of methoxy groups -OCH3 is 1. The van der Waals surface area contributed by atoms with Crippen LogP contribution in [-0.2, 0) is 9.53 Å². The summed E-state index contributed by atoms with van der Waals surface area (Å²) in [7, 11) is 1.32. The summed E-state index contributed by atoms with van der Waals surface area (Å²) in [5.41, 5.74) is 0. The van der Waals surface area contributed by atoms with Gasteiger partial charge in [-0.2, -0.15) is 0 Å². The minimum atomic E-state index is -0.399. The summed E-state index contributed by atoms with van der Waals surface area (Å²) in [5, 5.41) is 2.66. The molecule has 0 aliphatic rings. The highest BCUT2D eigenvalue weighted by Gasteiger charge is 1.87. The van der Waals surface area contributed by atoms with Crippen LogP contribution >= 0.6 is 12.2 Å². The minimum absolute atomic E-state index is 0.399. The van der Waals surface area contributed by atoms with Crippen molar-refractivity contribution in [1.29, 1.82) is 0 Å². The molecule has 0 unspecified atom stereocenters. The Labute approximate surface area is 65.1 Å². The van der Waals surface area contributed by atoms with Crippen molar-refractivity contribution in [1.82, 2.24) is 5.32 Å². The maximum Gasteiger partial charge on any atom is 0.331 e. The van der Waals surface area contributed by atoms with Crippen molar-refractivity contribution in [2.45, 2.75) is 6.92 Å². The number of ether oxygens (including phenoxy) is 1. The van der Waals surface area contributed by atoms with E-state index in [1.807, 2.05) is 0 Å². The van der Waals surface area contributed by atoms with Gasteiger partial charge in [-0.25, -0.2) is 4.79 Å². The zero-order chi connectivity index (χ0) is 7.98. The van der Waals surface area contributed by atoms with Crippen LogP contribution in [0.4, 0.5) is 0 Å². The zero-order valence-electron chi connectivity index (χ0n) is 5.88. The maximum atomic E-state index is 10.4. The number of thiocarbonyl (C=S) groups is 1. The highest BCUT2D eigenvalue weighted by molar-refractivity contribution is 7.80. The predicted molar refractivity (Wildman–Crippen MR) is 42.6 cm³/mol. The summed E-state index contributed by atoms with van der Waals surface area (Å²) in [6, 6.07) is 0. The van der Waals surface area contributed by atoms with Crippen molar-refractivity contribution in [3.63, 3.8) is 0 Å². The number of hydrogen-bond acceptors (Lipinski definition) is 3. The first kappa shape index (κ1) is 9.10. The van der Waals surface area contributed by atoms with Gasteiger partial charge in [0.2, 0.25) is 0 Å². The van der Waals surface area contributed by atoms with Gasteiger partial charge in [-0.3, -0.25) is 0 Å². The maximum absolute atomic E-state index is 10.4. The van der Waals surface area contributed by atoms with Gasteiger partial charge in [0.15, 0.2) is 0 Å². The number of rotatable bonds is 2. The van der Waals surface area contributed by atoms with Gasteiger partial charge in [0, 0.05) is 12.3 Å². The molecule has 4 heteroatoms. The molecule has 1 N–H and O–H groups in total. The van der Waals surface area contributed by atoms with E-state index in [2.05, 4.69) is 22.3 Å². The topological polar surface area (TPSA) is 38.3 Å². The number of carbonyl (C=O) groups excluding carboxylic acids is 1. The molecule has 0 amide bonds. The lowest BCUT2D eigenvalue weighted by atomic mass is 10.6. The molecule has 0 bridgehead atoms. The fourth-order valence-electron chi connectivity index (χ4n) is 0.295. The van der Waals surface area contributed by atoms with Gasteiger partial charge in [0.05, 0.1) is 12.1 Å². The molecular formula is C6H9NO2S. The molecule has 0 fully saturated rings. The molecule has 0 saturated heterocycles. The molecule has 3 nitrogen and oxygen atoms in total. The molecule has 0 saturated carbocycles. The third-order valence-corrected chi connectivity index (χ3v) is 0.825. The van der Waals surface area contributed by atoms with Crippen LogP contribution in [0.5, 0.6) is 0 Å². The van der Waals surface area contributed by atoms with E-state index in [1.165, 1.54) is 19.4 Å². The highest BCUT2D eigenvalue weighted by atomic mass is 32.1. The van der Waals surface area contributed by atoms with Crippen LogP contribution in [0.2, 0.25) is 0 Å². The van der Waals surface area contributed by atoms with Crippen LogP contribution in [0.1, 0.15) is 6.92 Å². The van der Waals surface area contributed by atoms with Crippen molar-refractivity contribution in [3.05, 3.63) is 12.3 Å². The van der Waals surface area contributed by atoms with Crippen LogP contribution in [0.3, 0.4) is 0 Å². The van der Waals surface area contributed by atoms with Gasteiger partial charge in [-0.05, 0) is 6.92 Å². The summed E-state index contributed by atoms with van der Waals surface area (Å²) >= 11 is 4.67. The molecule has 0 aliphatic carbocycles. The standard InChI is InChI=1S/C6H9NO2S/c1-5(10)7-4-3-6(8)9-2/h3-4H,1-2H3,(H,7,10)/b4-3-. The molecule has 0 aromatic carbocycles. The van der Waals surface area contributed by atoms with Crippen molar-refractivity contribution < 1.29 is 9.53 Å². The molecule has 0 spiro atoms. The van der Waals surface area contributed by atoms with Crippen molar-refractivity contribution in [2.24, 2.45) is 0 Å². The largest absolute Gasteiger partial charge is 0.466 e. The molecule has 0 rings (SSSR count). The van der Waals surface area contributed by atoms with E-state index in [0.717, 1.165) is 0 Å². The molecule has 0 atom stereocenters. The lowest BCUT2D eigenvalue weighted by Gasteiger charge is -1.92. The van der Waals surface area contributed by atoms with Gasteiger partial charge in [0.1, 0.15) is 0 Å². The van der Waals surface area contributed by atoms with Crippen LogP contribution in [0, 0.1) is 0 Å². The summed E-state index contributed by atoms with van der Waals surface area (Å²) in [6.07, 6.45) is 2.70. The van der Waals surface area contributed by atoms with Crippen molar-refractivity contribution in [3.8, 4) is 0 Å². The Morgan fingerprint density at radius 2 is 2.30 bits per heavy atom. The van der Waals surface area contributed by atoms with Crippen molar-refractivity contribution in [2.75, 3.05) is 7.11 Å². The quantitative estimate of drug-likeness (QED) is 0.364. The lowest BCUT2D eigenvalue weighted by Crippen LogP contribution is -2.10. The number of nitrogens with one attached hydrogen (secondary N) is 1. The lowest BCUT2D eigenvalue weighted by molar-refractivity contribution is -0.134. The molecule has 0 aliphatic heterocycles. The number of hydrogen-bond donors (Lipinski definition) is 1. The summed E-state index contributed by atoms with van der Waals surface area (Å²) in [5.74, 6) is -0.399. The predicted octanol–water partition coefficient (Wildman–Crippen LogP) is 0.610. The molecular weight excluding hydrogens is 150 g/mol. The first-order chi connectivity index (χ1) is 4.66. The molecule has 0 aromatic heterocycles. The Morgan fingerprint density at radius 1 is 1.70 bits per heavy atom. The van der Waals surface area contributed by atoms with E-state index in [0.29, 0.717) is 4.99 Å². The van der Waals surface area contributed by atoms with Crippen LogP contribution in [0.15, 0.2) is 12.3 Å². The Bertz CT molecular complexity index is 165.